The summed E-state index contributed by atoms with van der Waals surface area (Å²) in [5.74, 6) is 1.13. The first kappa shape index (κ1) is 13.5. The molecular formula is C13H21BrN2. The van der Waals surface area contributed by atoms with Crippen LogP contribution in [-0.2, 0) is 0 Å². The van der Waals surface area contributed by atoms with Crippen molar-refractivity contribution in [2.45, 2.75) is 20.8 Å². The smallest absolute Gasteiger partial charge is 0.0484 e. The number of halogens is 1. The van der Waals surface area contributed by atoms with Gasteiger partial charge in [-0.15, -0.1) is 0 Å². The largest absolute Gasteiger partial charge is 0.384 e. The van der Waals surface area contributed by atoms with Crippen LogP contribution in [0.1, 0.15) is 19.4 Å². The molecule has 1 unspecified atom stereocenters. The molecule has 1 atom stereocenters. The van der Waals surface area contributed by atoms with Crippen LogP contribution < -0.4 is 11.1 Å². The van der Waals surface area contributed by atoms with E-state index in [1.165, 1.54) is 5.56 Å². The van der Waals surface area contributed by atoms with Crippen LogP contribution in [0.25, 0.3) is 0 Å². The van der Waals surface area contributed by atoms with Gasteiger partial charge in [0.2, 0.25) is 0 Å². The quantitative estimate of drug-likeness (QED) is 0.870. The second-order valence-corrected chi connectivity index (χ2v) is 5.46. The molecule has 0 heterocycles. The fraction of sp³-hybridized carbons (Fsp3) is 0.538. The molecule has 0 aliphatic rings. The fourth-order valence-electron chi connectivity index (χ4n) is 1.60. The Kier molecular flexibility index (Phi) is 5.29. The van der Waals surface area contributed by atoms with Crippen molar-refractivity contribution < 1.29 is 0 Å². The third kappa shape index (κ3) is 3.80. The van der Waals surface area contributed by atoms with E-state index >= 15 is 0 Å². The standard InChI is InChI=1S/C13H21BrN2/c1-9(2)11(7-15)8-16-13-5-4-10(3)6-12(13)14/h4-6,9,11,16H,7-8,15H2,1-3H3. The molecule has 0 saturated carbocycles. The molecule has 0 aliphatic heterocycles. The van der Waals surface area contributed by atoms with Crippen LogP contribution in [0.3, 0.4) is 0 Å². The summed E-state index contributed by atoms with van der Waals surface area (Å²) >= 11 is 3.56. The zero-order chi connectivity index (χ0) is 12.1. The molecule has 0 radical (unpaired) electrons. The average molecular weight is 285 g/mol. The number of nitrogens with one attached hydrogen (secondary N) is 1. The molecule has 0 aliphatic carbocycles. The molecule has 3 heteroatoms. The van der Waals surface area contributed by atoms with E-state index in [9.17, 15) is 0 Å². The van der Waals surface area contributed by atoms with Gasteiger partial charge in [-0.05, 0) is 58.9 Å². The highest BCUT2D eigenvalue weighted by Gasteiger charge is 2.11. The lowest BCUT2D eigenvalue weighted by Crippen LogP contribution is -2.27. The second kappa shape index (κ2) is 6.26. The molecule has 0 amide bonds. The summed E-state index contributed by atoms with van der Waals surface area (Å²) in [5.41, 5.74) is 8.15. The molecule has 1 aromatic rings. The van der Waals surface area contributed by atoms with Crippen molar-refractivity contribution in [2.75, 3.05) is 18.4 Å². The molecular weight excluding hydrogens is 264 g/mol. The zero-order valence-electron chi connectivity index (χ0n) is 10.3. The van der Waals surface area contributed by atoms with Crippen molar-refractivity contribution in [3.8, 4) is 0 Å². The molecule has 0 saturated heterocycles. The van der Waals surface area contributed by atoms with Gasteiger partial charge in [-0.3, -0.25) is 0 Å². The van der Waals surface area contributed by atoms with Gasteiger partial charge in [-0.25, -0.2) is 0 Å². The van der Waals surface area contributed by atoms with Crippen LogP contribution in [0.4, 0.5) is 5.69 Å². The molecule has 2 nitrogen and oxygen atoms in total. The Morgan fingerprint density at radius 2 is 2.06 bits per heavy atom. The van der Waals surface area contributed by atoms with Crippen molar-refractivity contribution in [3.63, 3.8) is 0 Å². The Labute approximate surface area is 107 Å². The highest BCUT2D eigenvalue weighted by atomic mass is 79.9. The molecule has 0 fully saturated rings. The number of rotatable bonds is 5. The number of nitrogens with two attached hydrogens (primary N) is 1. The lowest BCUT2D eigenvalue weighted by molar-refractivity contribution is 0.413. The summed E-state index contributed by atoms with van der Waals surface area (Å²) < 4.78 is 1.12. The maximum Gasteiger partial charge on any atom is 0.0484 e. The Bertz CT molecular complexity index is 337. The normalized spacial score (nSPS) is 12.9. The lowest BCUT2D eigenvalue weighted by atomic mass is 9.96. The Morgan fingerprint density at radius 3 is 2.56 bits per heavy atom. The molecule has 3 N–H and O–H groups in total. The minimum atomic E-state index is 0.521. The first-order valence-electron chi connectivity index (χ1n) is 5.74. The van der Waals surface area contributed by atoms with Gasteiger partial charge in [0.15, 0.2) is 0 Å². The Hall–Kier alpha value is -0.540. The van der Waals surface area contributed by atoms with Crippen molar-refractivity contribution in [1.82, 2.24) is 0 Å². The number of hydrogen-bond acceptors (Lipinski definition) is 2. The Morgan fingerprint density at radius 1 is 1.38 bits per heavy atom. The lowest BCUT2D eigenvalue weighted by Gasteiger charge is -2.20. The number of aryl methyl sites for hydroxylation is 1. The van der Waals surface area contributed by atoms with E-state index in [0.29, 0.717) is 11.8 Å². The van der Waals surface area contributed by atoms with E-state index in [1.807, 2.05) is 0 Å². The molecule has 0 bridgehead atoms. The summed E-state index contributed by atoms with van der Waals surface area (Å²) in [6.07, 6.45) is 0. The summed E-state index contributed by atoms with van der Waals surface area (Å²) in [5, 5.41) is 3.45. The third-order valence-electron chi connectivity index (χ3n) is 2.92. The van der Waals surface area contributed by atoms with Gasteiger partial charge < -0.3 is 11.1 Å². The van der Waals surface area contributed by atoms with E-state index < -0.39 is 0 Å². The van der Waals surface area contributed by atoms with Crippen molar-refractivity contribution >= 4 is 21.6 Å². The Balaban J connectivity index is 2.60. The summed E-state index contributed by atoms with van der Waals surface area (Å²) in [4.78, 5) is 0. The van der Waals surface area contributed by atoms with Crippen molar-refractivity contribution in [2.24, 2.45) is 17.6 Å². The van der Waals surface area contributed by atoms with Crippen LogP contribution in [0.2, 0.25) is 0 Å². The highest BCUT2D eigenvalue weighted by Crippen LogP contribution is 2.24. The third-order valence-corrected chi connectivity index (χ3v) is 3.58. The molecule has 90 valence electrons. The van der Waals surface area contributed by atoms with Crippen LogP contribution in [0, 0.1) is 18.8 Å². The first-order valence-corrected chi connectivity index (χ1v) is 6.54. The van der Waals surface area contributed by atoms with Crippen LogP contribution in [-0.4, -0.2) is 13.1 Å². The monoisotopic (exact) mass is 284 g/mol. The fourth-order valence-corrected chi connectivity index (χ4v) is 2.23. The molecule has 0 aromatic heterocycles. The van der Waals surface area contributed by atoms with Gasteiger partial charge in [0.1, 0.15) is 0 Å². The van der Waals surface area contributed by atoms with Gasteiger partial charge in [-0.1, -0.05) is 19.9 Å². The van der Waals surface area contributed by atoms with Crippen molar-refractivity contribution in [3.05, 3.63) is 28.2 Å². The average Bonchev–Trinajstić information content (AvgIpc) is 2.21. The molecule has 1 rings (SSSR count). The number of benzene rings is 1. The summed E-state index contributed by atoms with van der Waals surface area (Å²) in [6.45, 7) is 8.17. The van der Waals surface area contributed by atoms with E-state index in [-0.39, 0.29) is 0 Å². The minimum Gasteiger partial charge on any atom is -0.384 e. The SMILES string of the molecule is Cc1ccc(NCC(CN)C(C)C)c(Br)c1. The topological polar surface area (TPSA) is 38.0 Å². The van der Waals surface area contributed by atoms with Gasteiger partial charge in [0, 0.05) is 16.7 Å². The van der Waals surface area contributed by atoms with E-state index in [1.54, 1.807) is 0 Å². The minimum absolute atomic E-state index is 0.521. The predicted molar refractivity (Wildman–Crippen MR) is 74.8 cm³/mol. The van der Waals surface area contributed by atoms with Crippen molar-refractivity contribution in [1.29, 1.82) is 0 Å². The summed E-state index contributed by atoms with van der Waals surface area (Å²) in [6, 6.07) is 6.34. The first-order chi connectivity index (χ1) is 7.54. The highest BCUT2D eigenvalue weighted by molar-refractivity contribution is 9.10. The van der Waals surface area contributed by atoms with E-state index in [2.05, 4.69) is 60.2 Å². The van der Waals surface area contributed by atoms with Gasteiger partial charge in [-0.2, -0.15) is 0 Å². The molecule has 1 aromatic carbocycles. The van der Waals surface area contributed by atoms with Gasteiger partial charge in [0.25, 0.3) is 0 Å². The summed E-state index contributed by atoms with van der Waals surface area (Å²) in [7, 11) is 0. The maximum atomic E-state index is 5.75. The van der Waals surface area contributed by atoms with Crippen LogP contribution in [0.5, 0.6) is 0 Å². The number of anilines is 1. The van der Waals surface area contributed by atoms with Crippen LogP contribution >= 0.6 is 15.9 Å². The number of hydrogen-bond donors (Lipinski definition) is 2. The van der Waals surface area contributed by atoms with E-state index in [0.717, 1.165) is 23.2 Å². The maximum absolute atomic E-state index is 5.75. The molecule has 0 spiro atoms. The molecule has 16 heavy (non-hydrogen) atoms. The predicted octanol–water partition coefficient (Wildman–Crippen LogP) is 3.40. The van der Waals surface area contributed by atoms with Crippen LogP contribution in [0.15, 0.2) is 22.7 Å². The van der Waals surface area contributed by atoms with E-state index in [4.69, 9.17) is 5.73 Å². The second-order valence-electron chi connectivity index (χ2n) is 4.60. The van der Waals surface area contributed by atoms with Gasteiger partial charge >= 0.3 is 0 Å². The zero-order valence-corrected chi connectivity index (χ0v) is 11.8. The van der Waals surface area contributed by atoms with Gasteiger partial charge in [0.05, 0.1) is 0 Å².